The first-order chi connectivity index (χ1) is 11.3. The third-order valence-corrected chi connectivity index (χ3v) is 4.55. The third kappa shape index (κ3) is 2.87. The van der Waals surface area contributed by atoms with E-state index < -0.39 is 0 Å². The molecule has 3 aromatic heterocycles. The van der Waals surface area contributed by atoms with Gasteiger partial charge in [-0.15, -0.1) is 0 Å². The predicted octanol–water partition coefficient (Wildman–Crippen LogP) is 2.08. The van der Waals surface area contributed by atoms with Crippen LogP contribution in [0.4, 0.5) is 0 Å². The van der Waals surface area contributed by atoms with E-state index in [2.05, 4.69) is 31.8 Å². The fourth-order valence-electron chi connectivity index (χ4n) is 3.27. The van der Waals surface area contributed by atoms with Gasteiger partial charge in [-0.25, -0.2) is 9.97 Å². The van der Waals surface area contributed by atoms with Crippen LogP contribution in [0.15, 0.2) is 43.1 Å². The number of rotatable bonds is 4. The zero-order valence-corrected chi connectivity index (χ0v) is 13.2. The topological polar surface area (TPSA) is 56.4 Å². The van der Waals surface area contributed by atoms with E-state index in [9.17, 15) is 0 Å². The van der Waals surface area contributed by atoms with E-state index in [0.717, 1.165) is 37.3 Å². The number of ether oxygens (including phenoxy) is 1. The molecule has 2 unspecified atom stereocenters. The number of fused-ring (bicyclic) bond motifs is 1. The lowest BCUT2D eigenvalue weighted by atomic mass is 10.0. The summed E-state index contributed by atoms with van der Waals surface area (Å²) in [7, 11) is 2.02. The Hall–Kier alpha value is -2.18. The SMILES string of the molecule is Cn1cncc1C1CC(NCc2cccc3nccn23)CCO1. The molecule has 6 heteroatoms. The quantitative estimate of drug-likeness (QED) is 0.801. The van der Waals surface area contributed by atoms with E-state index in [0.29, 0.717) is 6.04 Å². The van der Waals surface area contributed by atoms with Gasteiger partial charge in [0.25, 0.3) is 0 Å². The number of hydrogen-bond donors (Lipinski definition) is 1. The average Bonchev–Trinajstić information content (AvgIpc) is 3.22. The maximum Gasteiger partial charge on any atom is 0.136 e. The van der Waals surface area contributed by atoms with Crippen LogP contribution in [0.5, 0.6) is 0 Å². The van der Waals surface area contributed by atoms with E-state index in [1.807, 2.05) is 42.6 Å². The highest BCUT2D eigenvalue weighted by Gasteiger charge is 2.25. The molecule has 0 aromatic carbocycles. The highest BCUT2D eigenvalue weighted by atomic mass is 16.5. The van der Waals surface area contributed by atoms with Gasteiger partial charge in [0.05, 0.1) is 18.2 Å². The Labute approximate surface area is 135 Å². The summed E-state index contributed by atoms with van der Waals surface area (Å²) in [5.41, 5.74) is 3.36. The minimum absolute atomic E-state index is 0.123. The standard InChI is InChI=1S/C17H21N5O/c1-21-12-18-11-15(21)16-9-13(5-8-23-16)20-10-14-3-2-4-17-19-6-7-22(14)17/h2-4,6-7,11-13,16,20H,5,8-10H2,1H3. The van der Waals surface area contributed by atoms with E-state index in [-0.39, 0.29) is 6.10 Å². The van der Waals surface area contributed by atoms with E-state index in [4.69, 9.17) is 4.74 Å². The Morgan fingerprint density at radius 1 is 1.39 bits per heavy atom. The summed E-state index contributed by atoms with van der Waals surface area (Å²) in [5.74, 6) is 0. The molecular formula is C17H21N5O. The van der Waals surface area contributed by atoms with Crippen molar-refractivity contribution < 1.29 is 4.74 Å². The zero-order chi connectivity index (χ0) is 15.6. The molecule has 0 bridgehead atoms. The van der Waals surface area contributed by atoms with Crippen LogP contribution in [-0.4, -0.2) is 31.6 Å². The molecule has 4 heterocycles. The number of nitrogens with one attached hydrogen (secondary N) is 1. The first kappa shape index (κ1) is 14.4. The summed E-state index contributed by atoms with van der Waals surface area (Å²) in [6.45, 7) is 1.61. The zero-order valence-electron chi connectivity index (χ0n) is 13.2. The number of aryl methyl sites for hydroxylation is 1. The van der Waals surface area contributed by atoms with Crippen LogP contribution in [-0.2, 0) is 18.3 Å². The maximum atomic E-state index is 5.93. The molecule has 0 saturated carbocycles. The first-order valence-corrected chi connectivity index (χ1v) is 8.03. The molecule has 1 aliphatic rings. The molecule has 0 radical (unpaired) electrons. The van der Waals surface area contributed by atoms with Crippen LogP contribution < -0.4 is 5.32 Å². The van der Waals surface area contributed by atoms with Gasteiger partial charge in [0.2, 0.25) is 0 Å². The van der Waals surface area contributed by atoms with Gasteiger partial charge in [0, 0.05) is 44.3 Å². The van der Waals surface area contributed by atoms with E-state index >= 15 is 0 Å². The summed E-state index contributed by atoms with van der Waals surface area (Å²) in [5, 5.41) is 3.67. The van der Waals surface area contributed by atoms with Crippen LogP contribution in [0.1, 0.15) is 30.3 Å². The Morgan fingerprint density at radius 2 is 2.35 bits per heavy atom. The van der Waals surface area contributed by atoms with Crippen molar-refractivity contribution in [3.8, 4) is 0 Å². The summed E-state index contributed by atoms with van der Waals surface area (Å²) in [6, 6.07) is 6.67. The van der Waals surface area contributed by atoms with Crippen molar-refractivity contribution in [1.82, 2.24) is 24.3 Å². The molecule has 1 fully saturated rings. The Bertz CT molecular complexity index is 793. The third-order valence-electron chi connectivity index (χ3n) is 4.55. The molecule has 0 spiro atoms. The first-order valence-electron chi connectivity index (χ1n) is 8.03. The lowest BCUT2D eigenvalue weighted by Crippen LogP contribution is -2.36. The van der Waals surface area contributed by atoms with Crippen molar-refractivity contribution in [2.24, 2.45) is 7.05 Å². The fraction of sp³-hybridized carbons (Fsp3) is 0.412. The van der Waals surface area contributed by atoms with Crippen molar-refractivity contribution in [2.45, 2.75) is 31.5 Å². The van der Waals surface area contributed by atoms with Gasteiger partial charge in [-0.3, -0.25) is 0 Å². The van der Waals surface area contributed by atoms with Crippen molar-refractivity contribution in [1.29, 1.82) is 0 Å². The number of aromatic nitrogens is 4. The molecule has 0 amide bonds. The molecule has 3 aromatic rings. The number of imidazole rings is 2. The Kier molecular flexibility index (Phi) is 3.85. The monoisotopic (exact) mass is 311 g/mol. The molecule has 23 heavy (non-hydrogen) atoms. The molecule has 1 saturated heterocycles. The lowest BCUT2D eigenvalue weighted by molar-refractivity contribution is -0.00410. The number of pyridine rings is 1. The smallest absolute Gasteiger partial charge is 0.136 e. The Balaban J connectivity index is 1.43. The summed E-state index contributed by atoms with van der Waals surface area (Å²) >= 11 is 0. The van der Waals surface area contributed by atoms with Crippen LogP contribution >= 0.6 is 0 Å². The van der Waals surface area contributed by atoms with Crippen molar-refractivity contribution in [2.75, 3.05) is 6.61 Å². The largest absolute Gasteiger partial charge is 0.372 e. The van der Waals surface area contributed by atoms with Gasteiger partial charge < -0.3 is 19.0 Å². The highest BCUT2D eigenvalue weighted by molar-refractivity contribution is 5.39. The fourth-order valence-corrected chi connectivity index (χ4v) is 3.27. The lowest BCUT2D eigenvalue weighted by Gasteiger charge is -2.30. The van der Waals surface area contributed by atoms with Gasteiger partial charge in [-0.05, 0) is 25.0 Å². The van der Waals surface area contributed by atoms with Crippen LogP contribution in [0.25, 0.3) is 5.65 Å². The molecular weight excluding hydrogens is 290 g/mol. The van der Waals surface area contributed by atoms with Gasteiger partial charge in [-0.2, -0.15) is 0 Å². The number of nitrogens with zero attached hydrogens (tertiary/aromatic N) is 4. The van der Waals surface area contributed by atoms with Crippen molar-refractivity contribution in [3.05, 3.63) is 54.5 Å². The van der Waals surface area contributed by atoms with E-state index in [1.165, 1.54) is 5.69 Å². The average molecular weight is 311 g/mol. The van der Waals surface area contributed by atoms with Crippen LogP contribution in [0.3, 0.4) is 0 Å². The minimum atomic E-state index is 0.123. The molecule has 0 aliphatic carbocycles. The second-order valence-corrected chi connectivity index (χ2v) is 6.06. The molecule has 1 N–H and O–H groups in total. The van der Waals surface area contributed by atoms with Gasteiger partial charge in [0.1, 0.15) is 11.8 Å². The van der Waals surface area contributed by atoms with Gasteiger partial charge >= 0.3 is 0 Å². The van der Waals surface area contributed by atoms with Crippen LogP contribution in [0.2, 0.25) is 0 Å². The van der Waals surface area contributed by atoms with Crippen molar-refractivity contribution in [3.63, 3.8) is 0 Å². The number of hydrogen-bond acceptors (Lipinski definition) is 4. The summed E-state index contributed by atoms with van der Waals surface area (Å²) in [6.07, 6.45) is 9.71. The van der Waals surface area contributed by atoms with E-state index in [1.54, 1.807) is 0 Å². The predicted molar refractivity (Wildman–Crippen MR) is 87.0 cm³/mol. The summed E-state index contributed by atoms with van der Waals surface area (Å²) in [4.78, 5) is 8.53. The maximum absolute atomic E-state index is 5.93. The summed E-state index contributed by atoms with van der Waals surface area (Å²) < 4.78 is 10.1. The van der Waals surface area contributed by atoms with Gasteiger partial charge in [0.15, 0.2) is 0 Å². The van der Waals surface area contributed by atoms with Crippen LogP contribution in [0, 0.1) is 0 Å². The second-order valence-electron chi connectivity index (χ2n) is 6.06. The molecule has 1 aliphatic heterocycles. The Morgan fingerprint density at radius 3 is 3.22 bits per heavy atom. The second kappa shape index (κ2) is 6.14. The molecule has 2 atom stereocenters. The highest BCUT2D eigenvalue weighted by Crippen LogP contribution is 2.27. The molecule has 120 valence electrons. The normalized spacial score (nSPS) is 21.8. The molecule has 6 nitrogen and oxygen atoms in total. The van der Waals surface area contributed by atoms with Crippen molar-refractivity contribution >= 4 is 5.65 Å². The van der Waals surface area contributed by atoms with Gasteiger partial charge in [-0.1, -0.05) is 6.07 Å². The molecule has 4 rings (SSSR count). The minimum Gasteiger partial charge on any atom is -0.372 e.